The summed E-state index contributed by atoms with van der Waals surface area (Å²) in [5.74, 6) is -0.0349. The number of hydrogen-bond donors (Lipinski definition) is 1. The summed E-state index contributed by atoms with van der Waals surface area (Å²) >= 11 is 8.96. The quantitative estimate of drug-likeness (QED) is 0.387. The van der Waals surface area contributed by atoms with Crippen LogP contribution in [0.1, 0.15) is 15.9 Å². The zero-order valence-electron chi connectivity index (χ0n) is 9.08. The molecule has 0 saturated carbocycles. The zero-order chi connectivity index (χ0) is 13.3. The number of halogens is 3. The van der Waals surface area contributed by atoms with Crippen LogP contribution in [0, 0.1) is 3.57 Å². The molecule has 92 valence electrons. The summed E-state index contributed by atoms with van der Waals surface area (Å²) < 4.78 is 2.51. The van der Waals surface area contributed by atoms with Gasteiger partial charge in [0.15, 0.2) is 5.78 Å². The van der Waals surface area contributed by atoms with Gasteiger partial charge in [0.25, 0.3) is 0 Å². The summed E-state index contributed by atoms with van der Waals surface area (Å²) in [7, 11) is 0. The minimum Gasteiger partial charge on any atom is -0.399 e. The molecule has 5 heteroatoms. The molecule has 0 heterocycles. The summed E-state index contributed by atoms with van der Waals surface area (Å²) in [6.45, 7) is 0. The first kappa shape index (κ1) is 14.0. The van der Waals surface area contributed by atoms with Gasteiger partial charge in [-0.25, -0.2) is 0 Å². The van der Waals surface area contributed by atoms with Crippen LogP contribution >= 0.6 is 54.5 Å². The van der Waals surface area contributed by atoms with Gasteiger partial charge in [-0.2, -0.15) is 0 Å². The Hall–Kier alpha value is -0.400. The normalized spacial score (nSPS) is 10.4. The number of ketones is 1. The Balaban J connectivity index is 2.51. The molecule has 0 aromatic heterocycles. The highest BCUT2D eigenvalue weighted by Crippen LogP contribution is 2.27. The fraction of sp³-hybridized carbons (Fsp3) is 0. The van der Waals surface area contributed by atoms with Crippen molar-refractivity contribution in [1.29, 1.82) is 0 Å². The molecule has 0 aliphatic rings. The first-order valence-electron chi connectivity index (χ1n) is 5.04. The van der Waals surface area contributed by atoms with Crippen molar-refractivity contribution in [2.45, 2.75) is 0 Å². The van der Waals surface area contributed by atoms with Crippen molar-refractivity contribution in [1.82, 2.24) is 0 Å². The third-order valence-corrected chi connectivity index (χ3v) is 4.43. The van der Waals surface area contributed by atoms with E-state index in [0.29, 0.717) is 21.3 Å². The second-order valence-electron chi connectivity index (χ2n) is 3.69. The summed E-state index contributed by atoms with van der Waals surface area (Å²) in [6, 6.07) is 10.9. The summed E-state index contributed by atoms with van der Waals surface area (Å²) in [5, 5.41) is 0. The second-order valence-corrected chi connectivity index (χ2v) is 6.65. The third-order valence-electron chi connectivity index (χ3n) is 2.41. The molecule has 0 amide bonds. The van der Waals surface area contributed by atoms with Crippen molar-refractivity contribution in [3.05, 3.63) is 60.0 Å². The van der Waals surface area contributed by atoms with Crippen molar-refractivity contribution in [3.8, 4) is 0 Å². The third kappa shape index (κ3) is 2.95. The topological polar surface area (TPSA) is 43.1 Å². The lowest BCUT2D eigenvalue weighted by Crippen LogP contribution is -2.04. The van der Waals surface area contributed by atoms with Gasteiger partial charge in [-0.3, -0.25) is 4.79 Å². The number of carbonyl (C=O) groups excluding carboxylic acids is 1. The molecule has 2 rings (SSSR count). The minimum absolute atomic E-state index is 0.0349. The first-order chi connectivity index (χ1) is 8.49. The molecule has 2 N–H and O–H groups in total. The zero-order valence-corrected chi connectivity index (χ0v) is 14.4. The SMILES string of the molecule is Nc1ccc(C(=O)c2cc(I)ccc2Br)c(Br)c1. The largest absolute Gasteiger partial charge is 0.399 e. The molecule has 0 aliphatic carbocycles. The van der Waals surface area contributed by atoms with Gasteiger partial charge in [-0.1, -0.05) is 15.9 Å². The van der Waals surface area contributed by atoms with E-state index in [9.17, 15) is 4.79 Å². The number of hydrogen-bond acceptors (Lipinski definition) is 2. The van der Waals surface area contributed by atoms with Crippen LogP contribution in [0.2, 0.25) is 0 Å². The fourth-order valence-corrected chi connectivity index (χ4v) is 3.03. The molecule has 0 radical (unpaired) electrons. The van der Waals surface area contributed by atoms with Crippen LogP contribution in [0.5, 0.6) is 0 Å². The first-order valence-corrected chi connectivity index (χ1v) is 7.70. The van der Waals surface area contributed by atoms with E-state index in [0.717, 1.165) is 8.04 Å². The standard InChI is InChI=1S/C13H8Br2INO/c14-11-4-1-7(16)5-10(11)13(18)9-3-2-8(17)6-12(9)15/h1-6H,17H2. The summed E-state index contributed by atoms with van der Waals surface area (Å²) in [4.78, 5) is 12.4. The average molecular weight is 481 g/mol. The van der Waals surface area contributed by atoms with Gasteiger partial charge in [-0.15, -0.1) is 0 Å². The molecule has 0 saturated heterocycles. The maximum Gasteiger partial charge on any atom is 0.195 e. The molecular formula is C13H8Br2INO. The predicted octanol–water partition coefficient (Wildman–Crippen LogP) is 4.63. The van der Waals surface area contributed by atoms with Crippen LogP contribution in [-0.4, -0.2) is 5.78 Å². The van der Waals surface area contributed by atoms with Crippen LogP contribution in [0.25, 0.3) is 0 Å². The van der Waals surface area contributed by atoms with Crippen molar-refractivity contribution in [2.24, 2.45) is 0 Å². The molecule has 0 unspecified atom stereocenters. The number of carbonyl (C=O) groups is 1. The lowest BCUT2D eigenvalue weighted by molar-refractivity contribution is 0.103. The Morgan fingerprint density at radius 1 is 1.00 bits per heavy atom. The lowest BCUT2D eigenvalue weighted by Gasteiger charge is -2.07. The van der Waals surface area contributed by atoms with Gasteiger partial charge in [-0.05, 0) is 74.9 Å². The molecule has 0 bridgehead atoms. The van der Waals surface area contributed by atoms with Crippen molar-refractivity contribution < 1.29 is 4.79 Å². The molecule has 18 heavy (non-hydrogen) atoms. The molecule has 0 fully saturated rings. The smallest absolute Gasteiger partial charge is 0.195 e. The number of rotatable bonds is 2. The molecule has 0 atom stereocenters. The highest BCUT2D eigenvalue weighted by molar-refractivity contribution is 14.1. The maximum atomic E-state index is 12.4. The van der Waals surface area contributed by atoms with E-state index in [4.69, 9.17) is 5.73 Å². The van der Waals surface area contributed by atoms with Crippen molar-refractivity contribution in [3.63, 3.8) is 0 Å². The van der Waals surface area contributed by atoms with E-state index < -0.39 is 0 Å². The van der Waals surface area contributed by atoms with Gasteiger partial charge in [0.2, 0.25) is 0 Å². The Bertz CT molecular complexity index is 628. The van der Waals surface area contributed by atoms with Gasteiger partial charge in [0.1, 0.15) is 0 Å². The van der Waals surface area contributed by atoms with Crippen LogP contribution < -0.4 is 5.73 Å². The summed E-state index contributed by atoms with van der Waals surface area (Å²) in [6.07, 6.45) is 0. The number of anilines is 1. The number of nitrogen functional groups attached to an aromatic ring is 1. The number of benzene rings is 2. The Morgan fingerprint density at radius 3 is 2.39 bits per heavy atom. The predicted molar refractivity (Wildman–Crippen MR) is 88.8 cm³/mol. The van der Waals surface area contributed by atoms with Crippen LogP contribution in [0.3, 0.4) is 0 Å². The van der Waals surface area contributed by atoms with E-state index in [-0.39, 0.29) is 5.78 Å². The highest BCUT2D eigenvalue weighted by Gasteiger charge is 2.15. The lowest BCUT2D eigenvalue weighted by atomic mass is 10.0. The average Bonchev–Trinajstić information content (AvgIpc) is 2.31. The van der Waals surface area contributed by atoms with Crippen LogP contribution in [0.15, 0.2) is 45.3 Å². The molecule has 2 aromatic carbocycles. The van der Waals surface area contributed by atoms with Gasteiger partial charge in [0, 0.05) is 29.3 Å². The van der Waals surface area contributed by atoms with Crippen molar-refractivity contribution >= 4 is 65.9 Å². The van der Waals surface area contributed by atoms with Gasteiger partial charge in [0.05, 0.1) is 0 Å². The van der Waals surface area contributed by atoms with Crippen molar-refractivity contribution in [2.75, 3.05) is 5.73 Å². The molecular weight excluding hydrogens is 473 g/mol. The minimum atomic E-state index is -0.0349. The van der Waals surface area contributed by atoms with E-state index in [1.165, 1.54) is 0 Å². The fourth-order valence-electron chi connectivity index (χ4n) is 1.53. The maximum absolute atomic E-state index is 12.4. The van der Waals surface area contributed by atoms with E-state index in [1.54, 1.807) is 18.2 Å². The molecule has 2 aromatic rings. The van der Waals surface area contributed by atoms with Gasteiger partial charge >= 0.3 is 0 Å². The van der Waals surface area contributed by atoms with Crippen LogP contribution in [-0.2, 0) is 0 Å². The van der Waals surface area contributed by atoms with E-state index in [2.05, 4.69) is 54.5 Å². The van der Waals surface area contributed by atoms with Crippen LogP contribution in [0.4, 0.5) is 5.69 Å². The molecule has 0 spiro atoms. The Morgan fingerprint density at radius 2 is 1.72 bits per heavy atom. The Kier molecular flexibility index (Phi) is 4.45. The van der Waals surface area contributed by atoms with E-state index in [1.807, 2.05) is 18.2 Å². The summed E-state index contributed by atoms with van der Waals surface area (Å²) in [5.41, 5.74) is 7.54. The number of nitrogens with two attached hydrogens (primary N) is 1. The van der Waals surface area contributed by atoms with Gasteiger partial charge < -0.3 is 5.73 Å². The second kappa shape index (κ2) is 5.71. The monoisotopic (exact) mass is 479 g/mol. The van der Waals surface area contributed by atoms with E-state index >= 15 is 0 Å². The highest BCUT2D eigenvalue weighted by atomic mass is 127. The molecule has 2 nitrogen and oxygen atoms in total. The Labute approximate surface area is 135 Å². The molecule has 0 aliphatic heterocycles.